The number of nitrogens with one attached hydrogen (secondary N) is 2. The number of hydrogen-bond donors (Lipinski definition) is 2. The molecule has 5 rings (SSSR count). The van der Waals surface area contributed by atoms with Gasteiger partial charge in [0.2, 0.25) is 0 Å². The van der Waals surface area contributed by atoms with E-state index >= 15 is 0 Å². The Morgan fingerprint density at radius 3 is 2.80 bits per heavy atom. The van der Waals surface area contributed by atoms with Crippen LogP contribution >= 0.6 is 11.6 Å². The van der Waals surface area contributed by atoms with Crippen molar-refractivity contribution in [1.29, 1.82) is 0 Å². The lowest BCUT2D eigenvalue weighted by Gasteiger charge is -2.17. The summed E-state index contributed by atoms with van der Waals surface area (Å²) in [5.74, 6) is 0.918. The summed E-state index contributed by atoms with van der Waals surface area (Å²) in [6.07, 6.45) is 3.93. The van der Waals surface area contributed by atoms with Gasteiger partial charge in [0.05, 0.1) is 22.6 Å². The molecule has 1 saturated heterocycles. The molecule has 3 heterocycles. The van der Waals surface area contributed by atoms with E-state index in [1.165, 1.54) is 0 Å². The highest BCUT2D eigenvalue weighted by molar-refractivity contribution is 6.31. The van der Waals surface area contributed by atoms with E-state index in [4.69, 9.17) is 11.6 Å². The molecule has 2 aromatic heterocycles. The Hall–Kier alpha value is -3.12. The number of aromatic nitrogens is 3. The summed E-state index contributed by atoms with van der Waals surface area (Å²) in [5.41, 5.74) is 4.24. The zero-order valence-corrected chi connectivity index (χ0v) is 17.4. The number of fused-ring (bicyclic) bond motifs is 2. The first-order valence-corrected chi connectivity index (χ1v) is 10.6. The van der Waals surface area contributed by atoms with E-state index in [2.05, 4.69) is 27.2 Å². The van der Waals surface area contributed by atoms with Crippen LogP contribution in [0.25, 0.3) is 21.9 Å². The van der Waals surface area contributed by atoms with Crippen LogP contribution in [0.1, 0.15) is 42.0 Å². The number of pyridine rings is 1. The molecule has 1 atom stereocenters. The van der Waals surface area contributed by atoms with E-state index in [9.17, 15) is 4.79 Å². The van der Waals surface area contributed by atoms with Crippen molar-refractivity contribution in [2.24, 2.45) is 0 Å². The number of hydrogen-bond acceptors (Lipinski definition) is 4. The SMILES string of the molecule is CC(Nc1ccnc2cc(C(=O)N3CCCC3)ccc12)c1nc2ccc(Cl)cc2[nH]1. The van der Waals surface area contributed by atoms with Crippen molar-refractivity contribution in [3.05, 3.63) is 65.1 Å². The van der Waals surface area contributed by atoms with Crippen LogP contribution < -0.4 is 5.32 Å². The molecule has 1 aliphatic heterocycles. The summed E-state index contributed by atoms with van der Waals surface area (Å²) in [7, 11) is 0. The zero-order valence-electron chi connectivity index (χ0n) is 16.7. The Kier molecular flexibility index (Phi) is 4.79. The summed E-state index contributed by atoms with van der Waals surface area (Å²) in [6, 6.07) is 13.3. The lowest BCUT2D eigenvalue weighted by atomic mass is 10.1. The summed E-state index contributed by atoms with van der Waals surface area (Å²) >= 11 is 6.08. The van der Waals surface area contributed by atoms with Crippen LogP contribution in [0.15, 0.2) is 48.7 Å². The molecule has 7 heteroatoms. The smallest absolute Gasteiger partial charge is 0.253 e. The molecule has 152 valence electrons. The summed E-state index contributed by atoms with van der Waals surface area (Å²) in [5, 5.41) is 5.17. The third-order valence-electron chi connectivity index (χ3n) is 5.63. The molecule has 6 nitrogen and oxygen atoms in total. The first kappa shape index (κ1) is 18.9. The highest BCUT2D eigenvalue weighted by Gasteiger charge is 2.20. The standard InChI is InChI=1S/C23H22ClN5O/c1-14(22-27-19-7-5-16(24)13-21(19)28-22)26-18-8-9-25-20-12-15(4-6-17(18)20)23(30)29-10-2-3-11-29/h4-9,12-14H,2-3,10-11H2,1H3,(H,25,26)(H,27,28). The highest BCUT2D eigenvalue weighted by atomic mass is 35.5. The average Bonchev–Trinajstić information content (AvgIpc) is 3.43. The second-order valence-electron chi connectivity index (χ2n) is 7.74. The molecule has 1 aliphatic rings. The van der Waals surface area contributed by atoms with Gasteiger partial charge in [0.15, 0.2) is 0 Å². The second kappa shape index (κ2) is 7.61. The van der Waals surface area contributed by atoms with Crippen molar-refractivity contribution in [2.75, 3.05) is 18.4 Å². The maximum absolute atomic E-state index is 12.7. The molecule has 0 saturated carbocycles. The predicted molar refractivity (Wildman–Crippen MR) is 120 cm³/mol. The van der Waals surface area contributed by atoms with Gasteiger partial charge in [0, 0.05) is 40.9 Å². The van der Waals surface area contributed by atoms with Gasteiger partial charge < -0.3 is 15.2 Å². The number of imidazole rings is 1. The Labute approximate surface area is 179 Å². The number of aromatic amines is 1. The number of amides is 1. The fraction of sp³-hybridized carbons (Fsp3) is 0.261. The van der Waals surface area contributed by atoms with Crippen molar-refractivity contribution in [3.63, 3.8) is 0 Å². The number of carbonyl (C=O) groups excluding carboxylic acids is 1. The number of anilines is 1. The van der Waals surface area contributed by atoms with Gasteiger partial charge in [-0.2, -0.15) is 0 Å². The van der Waals surface area contributed by atoms with E-state index in [1.807, 2.05) is 47.4 Å². The normalized spacial score (nSPS) is 15.1. The molecular weight excluding hydrogens is 398 g/mol. The molecule has 1 unspecified atom stereocenters. The molecule has 0 bridgehead atoms. The number of carbonyl (C=O) groups is 1. The van der Waals surface area contributed by atoms with Crippen LogP contribution in [0.5, 0.6) is 0 Å². The summed E-state index contributed by atoms with van der Waals surface area (Å²) in [4.78, 5) is 27.1. The number of benzene rings is 2. The molecule has 30 heavy (non-hydrogen) atoms. The average molecular weight is 420 g/mol. The van der Waals surface area contributed by atoms with Crippen LogP contribution in [0.2, 0.25) is 5.02 Å². The molecule has 2 N–H and O–H groups in total. The first-order chi connectivity index (χ1) is 14.6. The van der Waals surface area contributed by atoms with Crippen molar-refractivity contribution < 1.29 is 4.79 Å². The summed E-state index contributed by atoms with van der Waals surface area (Å²) in [6.45, 7) is 3.73. The Morgan fingerprint density at radius 1 is 1.13 bits per heavy atom. The zero-order chi connectivity index (χ0) is 20.7. The first-order valence-electron chi connectivity index (χ1n) is 10.2. The Morgan fingerprint density at radius 2 is 1.97 bits per heavy atom. The summed E-state index contributed by atoms with van der Waals surface area (Å²) < 4.78 is 0. The van der Waals surface area contributed by atoms with Crippen LogP contribution in [-0.4, -0.2) is 38.8 Å². The molecule has 0 aliphatic carbocycles. The Balaban J connectivity index is 1.42. The van der Waals surface area contributed by atoms with E-state index < -0.39 is 0 Å². The van der Waals surface area contributed by atoms with Crippen LogP contribution in [0, 0.1) is 0 Å². The number of likely N-dealkylation sites (tertiary alicyclic amines) is 1. The van der Waals surface area contributed by atoms with Crippen molar-refractivity contribution >= 4 is 45.1 Å². The van der Waals surface area contributed by atoms with Gasteiger partial charge in [-0.1, -0.05) is 11.6 Å². The minimum absolute atomic E-state index is 0.0484. The fourth-order valence-electron chi connectivity index (χ4n) is 4.02. The van der Waals surface area contributed by atoms with Crippen LogP contribution in [0.4, 0.5) is 5.69 Å². The molecular formula is C23H22ClN5O. The third kappa shape index (κ3) is 3.48. The van der Waals surface area contributed by atoms with Crippen LogP contribution in [0.3, 0.4) is 0 Å². The number of rotatable bonds is 4. The van der Waals surface area contributed by atoms with Crippen molar-refractivity contribution in [2.45, 2.75) is 25.8 Å². The molecule has 1 amide bonds. The van der Waals surface area contributed by atoms with Crippen molar-refractivity contribution in [1.82, 2.24) is 19.9 Å². The molecule has 0 radical (unpaired) electrons. The molecule has 4 aromatic rings. The lowest BCUT2D eigenvalue weighted by Crippen LogP contribution is -2.27. The van der Waals surface area contributed by atoms with Gasteiger partial charge in [-0.15, -0.1) is 0 Å². The lowest BCUT2D eigenvalue weighted by molar-refractivity contribution is 0.0793. The van der Waals surface area contributed by atoms with Gasteiger partial charge >= 0.3 is 0 Å². The van der Waals surface area contributed by atoms with Gasteiger partial charge in [0.1, 0.15) is 5.82 Å². The molecule has 1 fully saturated rings. The largest absolute Gasteiger partial charge is 0.375 e. The Bertz CT molecular complexity index is 1250. The second-order valence-corrected chi connectivity index (χ2v) is 8.18. The molecule has 2 aromatic carbocycles. The van der Waals surface area contributed by atoms with Crippen molar-refractivity contribution in [3.8, 4) is 0 Å². The quantitative estimate of drug-likeness (QED) is 0.478. The number of halogens is 1. The van der Waals surface area contributed by atoms with E-state index in [0.29, 0.717) is 10.6 Å². The van der Waals surface area contributed by atoms with E-state index in [1.54, 1.807) is 6.20 Å². The maximum atomic E-state index is 12.7. The van der Waals surface area contributed by atoms with E-state index in [0.717, 1.165) is 59.4 Å². The van der Waals surface area contributed by atoms with E-state index in [-0.39, 0.29) is 11.9 Å². The monoisotopic (exact) mass is 419 g/mol. The predicted octanol–water partition coefficient (Wildman–Crippen LogP) is 5.17. The topological polar surface area (TPSA) is 73.9 Å². The molecule has 0 spiro atoms. The highest BCUT2D eigenvalue weighted by Crippen LogP contribution is 2.28. The van der Waals surface area contributed by atoms with Gasteiger partial charge in [0.25, 0.3) is 5.91 Å². The van der Waals surface area contributed by atoms with Crippen LogP contribution in [-0.2, 0) is 0 Å². The third-order valence-corrected chi connectivity index (χ3v) is 5.86. The van der Waals surface area contributed by atoms with Gasteiger partial charge in [-0.3, -0.25) is 9.78 Å². The minimum atomic E-state index is -0.0484. The maximum Gasteiger partial charge on any atom is 0.253 e. The minimum Gasteiger partial charge on any atom is -0.375 e. The fourth-order valence-corrected chi connectivity index (χ4v) is 4.19. The number of H-pyrrole nitrogens is 1. The number of nitrogens with zero attached hydrogens (tertiary/aromatic N) is 3. The van der Waals surface area contributed by atoms with Gasteiger partial charge in [-0.05, 0) is 62.2 Å². The van der Waals surface area contributed by atoms with Gasteiger partial charge in [-0.25, -0.2) is 4.98 Å².